The van der Waals surface area contributed by atoms with Crippen molar-refractivity contribution in [3.05, 3.63) is 40.9 Å². The summed E-state index contributed by atoms with van der Waals surface area (Å²) in [4.78, 5) is 13.8. The Kier molecular flexibility index (Phi) is 3.76. The van der Waals surface area contributed by atoms with Gasteiger partial charge in [0, 0.05) is 12.2 Å². The maximum Gasteiger partial charge on any atom is 0.235 e. The Hall–Kier alpha value is -1.39. The molecule has 0 aliphatic heterocycles. The molecule has 88 valence electrons. The van der Waals surface area contributed by atoms with Gasteiger partial charge < -0.3 is 4.90 Å². The Labute approximate surface area is 109 Å². The van der Waals surface area contributed by atoms with Crippen LogP contribution in [0.25, 0.3) is 0 Å². The highest BCUT2D eigenvalue weighted by molar-refractivity contribution is 6.31. The van der Waals surface area contributed by atoms with Gasteiger partial charge in [-0.05, 0) is 42.3 Å². The number of anilines is 2. The molecule has 17 heavy (non-hydrogen) atoms. The minimum Gasteiger partial charge on any atom is -0.311 e. The summed E-state index contributed by atoms with van der Waals surface area (Å²) < 4.78 is 0. The van der Waals surface area contributed by atoms with Gasteiger partial charge in [-0.3, -0.25) is 0 Å². The standard InChI is InChI=1S/C11H10Cl2N4/c1-2-17(8-6-4-3-5-7-8)11-15-9(12)14-10(13)16-11/h3-7H,2H2,1H3. The number of hydrogen-bond acceptors (Lipinski definition) is 4. The maximum absolute atomic E-state index is 5.77. The minimum atomic E-state index is 0.0920. The molecule has 4 nitrogen and oxygen atoms in total. The molecule has 0 unspecified atom stereocenters. The van der Waals surface area contributed by atoms with Crippen LogP contribution in [0.3, 0.4) is 0 Å². The third-order valence-corrected chi connectivity index (χ3v) is 2.53. The first-order valence-electron chi connectivity index (χ1n) is 5.10. The first kappa shape index (κ1) is 12.1. The molecule has 0 radical (unpaired) electrons. The molecule has 0 atom stereocenters. The van der Waals surface area contributed by atoms with E-state index in [-0.39, 0.29) is 10.6 Å². The van der Waals surface area contributed by atoms with Crippen molar-refractivity contribution in [1.82, 2.24) is 15.0 Å². The highest BCUT2D eigenvalue weighted by Crippen LogP contribution is 2.22. The summed E-state index contributed by atoms with van der Waals surface area (Å²) in [6, 6.07) is 9.78. The van der Waals surface area contributed by atoms with Crippen molar-refractivity contribution in [2.45, 2.75) is 6.92 Å². The number of nitrogens with zero attached hydrogens (tertiary/aromatic N) is 4. The molecule has 2 aromatic rings. The van der Waals surface area contributed by atoms with Gasteiger partial charge in [0.05, 0.1) is 0 Å². The first-order valence-corrected chi connectivity index (χ1v) is 5.86. The smallest absolute Gasteiger partial charge is 0.235 e. The fourth-order valence-corrected chi connectivity index (χ4v) is 1.84. The molecule has 0 aliphatic rings. The SMILES string of the molecule is CCN(c1ccccc1)c1nc(Cl)nc(Cl)n1. The van der Waals surface area contributed by atoms with Gasteiger partial charge in [-0.2, -0.15) is 15.0 Å². The lowest BCUT2D eigenvalue weighted by atomic mass is 10.3. The summed E-state index contributed by atoms with van der Waals surface area (Å²) in [7, 11) is 0. The molecule has 1 aromatic heterocycles. The average Bonchev–Trinajstić information content (AvgIpc) is 2.30. The topological polar surface area (TPSA) is 41.9 Å². The van der Waals surface area contributed by atoms with E-state index in [0.717, 1.165) is 5.69 Å². The van der Waals surface area contributed by atoms with Gasteiger partial charge in [-0.1, -0.05) is 18.2 Å². The molecule has 6 heteroatoms. The van der Waals surface area contributed by atoms with Crippen LogP contribution in [0.1, 0.15) is 6.92 Å². The lowest BCUT2D eigenvalue weighted by molar-refractivity contribution is 0.921. The van der Waals surface area contributed by atoms with Gasteiger partial charge in [0.15, 0.2) is 0 Å². The highest BCUT2D eigenvalue weighted by Gasteiger charge is 2.12. The number of para-hydroxylation sites is 1. The van der Waals surface area contributed by atoms with E-state index < -0.39 is 0 Å². The lowest BCUT2D eigenvalue weighted by Gasteiger charge is -2.20. The molecule has 1 aromatic carbocycles. The molecular formula is C11H10Cl2N4. The lowest BCUT2D eigenvalue weighted by Crippen LogP contribution is -2.19. The largest absolute Gasteiger partial charge is 0.311 e. The van der Waals surface area contributed by atoms with Crippen LogP contribution in [0.2, 0.25) is 10.6 Å². The molecular weight excluding hydrogens is 259 g/mol. The van der Waals surface area contributed by atoms with Crippen molar-refractivity contribution in [3.63, 3.8) is 0 Å². The molecule has 0 spiro atoms. The molecule has 1 heterocycles. The van der Waals surface area contributed by atoms with Gasteiger partial charge in [0.2, 0.25) is 16.5 Å². The van der Waals surface area contributed by atoms with E-state index in [0.29, 0.717) is 12.5 Å². The predicted molar refractivity (Wildman–Crippen MR) is 69.0 cm³/mol. The second-order valence-corrected chi connectivity index (χ2v) is 3.93. The van der Waals surface area contributed by atoms with Gasteiger partial charge in [-0.15, -0.1) is 0 Å². The molecule has 0 bridgehead atoms. The van der Waals surface area contributed by atoms with Crippen LogP contribution in [-0.4, -0.2) is 21.5 Å². The summed E-state index contributed by atoms with van der Waals surface area (Å²) in [5.41, 5.74) is 0.980. The van der Waals surface area contributed by atoms with E-state index in [1.165, 1.54) is 0 Å². The number of benzene rings is 1. The maximum atomic E-state index is 5.77. The fraction of sp³-hybridized carbons (Fsp3) is 0.182. The summed E-state index contributed by atoms with van der Waals surface area (Å²) in [5.74, 6) is 0.448. The van der Waals surface area contributed by atoms with E-state index in [1.807, 2.05) is 42.2 Å². The van der Waals surface area contributed by atoms with Crippen molar-refractivity contribution >= 4 is 34.8 Å². The number of halogens is 2. The van der Waals surface area contributed by atoms with Gasteiger partial charge in [0.25, 0.3) is 0 Å². The summed E-state index contributed by atoms with van der Waals surface area (Å²) in [6.07, 6.45) is 0. The number of hydrogen-bond donors (Lipinski definition) is 0. The molecule has 0 saturated carbocycles. The van der Waals surface area contributed by atoms with Crippen LogP contribution in [0, 0.1) is 0 Å². The van der Waals surface area contributed by atoms with Crippen LogP contribution < -0.4 is 4.90 Å². The zero-order chi connectivity index (χ0) is 12.3. The van der Waals surface area contributed by atoms with E-state index >= 15 is 0 Å². The Morgan fingerprint density at radius 1 is 1.00 bits per heavy atom. The zero-order valence-corrected chi connectivity index (χ0v) is 10.7. The predicted octanol–water partition coefficient (Wildman–Crippen LogP) is 3.34. The van der Waals surface area contributed by atoms with Gasteiger partial charge in [0.1, 0.15) is 0 Å². The van der Waals surface area contributed by atoms with Crippen molar-refractivity contribution in [2.75, 3.05) is 11.4 Å². The van der Waals surface area contributed by atoms with E-state index in [9.17, 15) is 0 Å². The number of rotatable bonds is 3. The molecule has 0 saturated heterocycles. The van der Waals surface area contributed by atoms with Gasteiger partial charge >= 0.3 is 0 Å². The monoisotopic (exact) mass is 268 g/mol. The highest BCUT2D eigenvalue weighted by atomic mass is 35.5. The van der Waals surface area contributed by atoms with E-state index in [2.05, 4.69) is 15.0 Å². The zero-order valence-electron chi connectivity index (χ0n) is 9.14. The third-order valence-electron chi connectivity index (χ3n) is 2.19. The molecule has 0 aliphatic carbocycles. The van der Waals surface area contributed by atoms with Crippen LogP contribution in [0.15, 0.2) is 30.3 Å². The summed E-state index contributed by atoms with van der Waals surface area (Å²) >= 11 is 11.5. The van der Waals surface area contributed by atoms with Crippen LogP contribution in [0.5, 0.6) is 0 Å². The second-order valence-electron chi connectivity index (χ2n) is 3.25. The second kappa shape index (κ2) is 5.29. The minimum absolute atomic E-state index is 0.0920. The molecule has 2 rings (SSSR count). The summed E-state index contributed by atoms with van der Waals surface area (Å²) in [6.45, 7) is 2.71. The Balaban J connectivity index is 2.42. The Morgan fingerprint density at radius 2 is 1.59 bits per heavy atom. The van der Waals surface area contributed by atoms with Crippen molar-refractivity contribution in [1.29, 1.82) is 0 Å². The average molecular weight is 269 g/mol. The van der Waals surface area contributed by atoms with Crippen molar-refractivity contribution in [3.8, 4) is 0 Å². The Bertz CT molecular complexity index is 484. The molecule has 0 N–H and O–H groups in total. The van der Waals surface area contributed by atoms with Gasteiger partial charge in [-0.25, -0.2) is 0 Å². The van der Waals surface area contributed by atoms with Crippen LogP contribution >= 0.6 is 23.2 Å². The normalized spacial score (nSPS) is 10.3. The quantitative estimate of drug-likeness (QED) is 0.857. The van der Waals surface area contributed by atoms with Crippen LogP contribution in [-0.2, 0) is 0 Å². The van der Waals surface area contributed by atoms with E-state index in [1.54, 1.807) is 0 Å². The van der Waals surface area contributed by atoms with Crippen molar-refractivity contribution in [2.24, 2.45) is 0 Å². The number of aromatic nitrogens is 3. The fourth-order valence-electron chi connectivity index (χ4n) is 1.48. The van der Waals surface area contributed by atoms with E-state index in [4.69, 9.17) is 23.2 Å². The first-order chi connectivity index (χ1) is 8.20. The molecule has 0 amide bonds. The Morgan fingerprint density at radius 3 is 2.12 bits per heavy atom. The van der Waals surface area contributed by atoms with Crippen LogP contribution in [0.4, 0.5) is 11.6 Å². The molecule has 0 fully saturated rings. The van der Waals surface area contributed by atoms with Crippen molar-refractivity contribution < 1.29 is 0 Å². The third kappa shape index (κ3) is 2.84. The summed E-state index contributed by atoms with van der Waals surface area (Å²) in [5, 5.41) is 0.184.